The molecule has 6 heteroatoms. The predicted octanol–water partition coefficient (Wildman–Crippen LogP) is 1.32. The summed E-state index contributed by atoms with van der Waals surface area (Å²) in [5.74, 6) is -1.99. The van der Waals surface area contributed by atoms with Gasteiger partial charge in [0.25, 0.3) is 0 Å². The van der Waals surface area contributed by atoms with Crippen molar-refractivity contribution in [3.8, 4) is 5.75 Å². The Morgan fingerprint density at radius 2 is 2.00 bits per heavy atom. The predicted molar refractivity (Wildman–Crippen MR) is 60.4 cm³/mol. The van der Waals surface area contributed by atoms with E-state index in [1.807, 2.05) is 0 Å². The summed E-state index contributed by atoms with van der Waals surface area (Å²) in [5, 5.41) is 27.3. The molecule has 1 atom stereocenters. The van der Waals surface area contributed by atoms with Crippen LogP contribution < -0.4 is 0 Å². The lowest BCUT2D eigenvalue weighted by atomic mass is 10.0. The number of carboxylic acids is 1. The van der Waals surface area contributed by atoms with Crippen LogP contribution in [0.25, 0.3) is 0 Å². The van der Waals surface area contributed by atoms with Crippen LogP contribution in [-0.4, -0.2) is 33.0 Å². The molecule has 92 valence electrons. The molecular weight excluding hydrogens is 248 g/mol. The highest BCUT2D eigenvalue weighted by Gasteiger charge is 2.20. The van der Waals surface area contributed by atoms with Gasteiger partial charge in [0, 0.05) is 23.4 Å². The third-order valence-electron chi connectivity index (χ3n) is 2.20. The van der Waals surface area contributed by atoms with Crippen molar-refractivity contribution in [3.63, 3.8) is 0 Å². The first kappa shape index (κ1) is 13.5. The fourth-order valence-electron chi connectivity index (χ4n) is 1.31. The average molecular weight is 259 g/mol. The molecule has 0 aliphatic heterocycles. The maximum absolute atomic E-state index is 11.4. The molecule has 0 aromatic heterocycles. The Morgan fingerprint density at radius 3 is 2.47 bits per heavy atom. The van der Waals surface area contributed by atoms with Gasteiger partial charge >= 0.3 is 5.97 Å². The molecule has 0 saturated carbocycles. The summed E-state index contributed by atoms with van der Waals surface area (Å²) in [6.45, 7) is 0. The molecule has 3 N–H and O–H groups in total. The first-order valence-electron chi connectivity index (χ1n) is 4.80. The minimum Gasteiger partial charge on any atom is -0.508 e. The SMILES string of the molecule is O=C(CCCl)c1ccc(C(O)C(=O)O)c(O)c1. The van der Waals surface area contributed by atoms with E-state index in [9.17, 15) is 19.8 Å². The van der Waals surface area contributed by atoms with Crippen molar-refractivity contribution < 1.29 is 24.9 Å². The molecule has 17 heavy (non-hydrogen) atoms. The van der Waals surface area contributed by atoms with Crippen LogP contribution in [0.5, 0.6) is 5.75 Å². The van der Waals surface area contributed by atoms with Crippen LogP contribution in [0.1, 0.15) is 28.4 Å². The van der Waals surface area contributed by atoms with E-state index in [4.69, 9.17) is 16.7 Å². The maximum atomic E-state index is 11.4. The van der Waals surface area contributed by atoms with Crippen LogP contribution in [0.3, 0.4) is 0 Å². The van der Waals surface area contributed by atoms with Crippen LogP contribution in [0.4, 0.5) is 0 Å². The van der Waals surface area contributed by atoms with E-state index in [0.29, 0.717) is 0 Å². The van der Waals surface area contributed by atoms with Crippen molar-refractivity contribution in [3.05, 3.63) is 29.3 Å². The molecule has 0 saturated heterocycles. The van der Waals surface area contributed by atoms with Crippen molar-refractivity contribution >= 4 is 23.4 Å². The minimum atomic E-state index is -1.81. The van der Waals surface area contributed by atoms with Gasteiger partial charge in [-0.15, -0.1) is 11.6 Å². The van der Waals surface area contributed by atoms with E-state index < -0.39 is 17.8 Å². The van der Waals surface area contributed by atoms with Gasteiger partial charge in [0.2, 0.25) is 0 Å². The molecule has 0 radical (unpaired) electrons. The zero-order chi connectivity index (χ0) is 13.0. The molecule has 1 aromatic rings. The Bertz CT molecular complexity index is 443. The van der Waals surface area contributed by atoms with Crippen molar-refractivity contribution in [2.75, 3.05) is 5.88 Å². The molecule has 1 rings (SSSR count). The van der Waals surface area contributed by atoms with Gasteiger partial charge in [0.1, 0.15) is 5.75 Å². The number of hydrogen-bond acceptors (Lipinski definition) is 4. The van der Waals surface area contributed by atoms with Crippen LogP contribution in [0, 0.1) is 0 Å². The zero-order valence-electron chi connectivity index (χ0n) is 8.76. The Balaban J connectivity index is 3.01. The van der Waals surface area contributed by atoms with E-state index in [2.05, 4.69) is 0 Å². The normalized spacial score (nSPS) is 12.1. The van der Waals surface area contributed by atoms with Gasteiger partial charge in [-0.05, 0) is 6.07 Å². The standard InChI is InChI=1S/C11H11ClO5/c12-4-3-8(13)6-1-2-7(9(14)5-6)10(15)11(16)17/h1-2,5,10,14-15H,3-4H2,(H,16,17). The number of phenols is 1. The number of carbonyl (C=O) groups excluding carboxylic acids is 1. The molecule has 0 aliphatic carbocycles. The first-order valence-corrected chi connectivity index (χ1v) is 5.33. The lowest BCUT2D eigenvalue weighted by Gasteiger charge is -2.09. The molecule has 0 bridgehead atoms. The number of ketones is 1. The van der Waals surface area contributed by atoms with E-state index in [1.54, 1.807) is 0 Å². The number of hydrogen-bond donors (Lipinski definition) is 3. The van der Waals surface area contributed by atoms with Gasteiger partial charge < -0.3 is 15.3 Å². The average Bonchev–Trinajstić information content (AvgIpc) is 2.28. The van der Waals surface area contributed by atoms with Crippen molar-refractivity contribution in [2.24, 2.45) is 0 Å². The summed E-state index contributed by atoms with van der Waals surface area (Å²) in [5.41, 5.74) is 0.0735. The third kappa shape index (κ3) is 3.18. The van der Waals surface area contributed by atoms with E-state index in [1.165, 1.54) is 12.1 Å². The summed E-state index contributed by atoms with van der Waals surface area (Å²) >= 11 is 5.41. The van der Waals surface area contributed by atoms with Gasteiger partial charge in [-0.1, -0.05) is 12.1 Å². The number of aliphatic hydroxyl groups is 1. The fourth-order valence-corrected chi connectivity index (χ4v) is 1.48. The third-order valence-corrected chi connectivity index (χ3v) is 2.39. The number of aromatic hydroxyl groups is 1. The summed E-state index contributed by atoms with van der Waals surface area (Å²) < 4.78 is 0. The number of rotatable bonds is 5. The largest absolute Gasteiger partial charge is 0.508 e. The number of halogens is 1. The second-order valence-corrected chi connectivity index (χ2v) is 3.75. The molecule has 0 heterocycles. The second kappa shape index (κ2) is 5.65. The summed E-state index contributed by atoms with van der Waals surface area (Å²) in [6.07, 6.45) is -1.69. The number of aliphatic carboxylic acids is 1. The molecular formula is C11H11ClO5. The number of aliphatic hydroxyl groups excluding tert-OH is 1. The molecule has 1 aromatic carbocycles. The Kier molecular flexibility index (Phi) is 4.48. The summed E-state index contributed by atoms with van der Waals surface area (Å²) in [6, 6.07) is 3.67. The molecule has 0 fully saturated rings. The van der Waals surface area contributed by atoms with Crippen LogP contribution in [-0.2, 0) is 4.79 Å². The lowest BCUT2D eigenvalue weighted by Crippen LogP contribution is -2.11. The van der Waals surface area contributed by atoms with Gasteiger partial charge in [0.15, 0.2) is 11.9 Å². The number of alkyl halides is 1. The highest BCUT2D eigenvalue weighted by Crippen LogP contribution is 2.26. The minimum absolute atomic E-state index is 0.127. The van der Waals surface area contributed by atoms with Gasteiger partial charge in [-0.3, -0.25) is 4.79 Å². The number of Topliss-reactive ketones (excluding diaryl/α,β-unsaturated/α-hetero) is 1. The lowest BCUT2D eigenvalue weighted by molar-refractivity contribution is -0.147. The first-order chi connectivity index (χ1) is 7.97. The molecule has 0 spiro atoms. The molecule has 0 amide bonds. The molecule has 1 unspecified atom stereocenters. The van der Waals surface area contributed by atoms with E-state index in [0.717, 1.165) is 6.07 Å². The number of carbonyl (C=O) groups is 2. The van der Waals surface area contributed by atoms with Crippen LogP contribution >= 0.6 is 11.6 Å². The van der Waals surface area contributed by atoms with E-state index in [-0.39, 0.29) is 29.2 Å². The number of carboxylic acid groups (broad SMARTS) is 1. The Labute approximate surface area is 102 Å². The maximum Gasteiger partial charge on any atom is 0.337 e. The smallest absolute Gasteiger partial charge is 0.337 e. The summed E-state index contributed by atoms with van der Waals surface area (Å²) in [7, 11) is 0. The molecule has 5 nitrogen and oxygen atoms in total. The van der Waals surface area contributed by atoms with Gasteiger partial charge in [-0.2, -0.15) is 0 Å². The highest BCUT2D eigenvalue weighted by atomic mass is 35.5. The number of benzene rings is 1. The number of phenolic OH excluding ortho intramolecular Hbond substituents is 1. The Morgan fingerprint density at radius 1 is 1.35 bits per heavy atom. The second-order valence-electron chi connectivity index (χ2n) is 3.38. The van der Waals surface area contributed by atoms with Crippen molar-refractivity contribution in [1.82, 2.24) is 0 Å². The van der Waals surface area contributed by atoms with Gasteiger partial charge in [-0.25, -0.2) is 4.79 Å². The quantitative estimate of drug-likeness (QED) is 0.547. The summed E-state index contributed by atoms with van der Waals surface area (Å²) in [4.78, 5) is 22.0. The fraction of sp³-hybridized carbons (Fsp3) is 0.273. The Hall–Kier alpha value is -1.59. The topological polar surface area (TPSA) is 94.8 Å². The monoisotopic (exact) mass is 258 g/mol. The zero-order valence-corrected chi connectivity index (χ0v) is 9.52. The van der Waals surface area contributed by atoms with Crippen LogP contribution in [0.15, 0.2) is 18.2 Å². The molecule has 0 aliphatic rings. The van der Waals surface area contributed by atoms with E-state index >= 15 is 0 Å². The van der Waals surface area contributed by atoms with Crippen molar-refractivity contribution in [2.45, 2.75) is 12.5 Å². The highest BCUT2D eigenvalue weighted by molar-refractivity contribution is 6.19. The van der Waals surface area contributed by atoms with Gasteiger partial charge in [0.05, 0.1) is 0 Å². The van der Waals surface area contributed by atoms with Crippen LogP contribution in [0.2, 0.25) is 0 Å². The van der Waals surface area contributed by atoms with Crippen molar-refractivity contribution in [1.29, 1.82) is 0 Å².